The number of aromatic nitrogens is 1. The van der Waals surface area contributed by atoms with Crippen molar-refractivity contribution >= 4 is 17.6 Å². The van der Waals surface area contributed by atoms with Gasteiger partial charge in [-0.3, -0.25) is 19.7 Å². The molecule has 2 rings (SSSR count). The molecule has 0 aliphatic carbocycles. The Bertz CT molecular complexity index is 572. The third kappa shape index (κ3) is 2.74. The highest BCUT2D eigenvalue weighted by Crippen LogP contribution is 2.35. The Hall–Kier alpha value is -2.38. The van der Waals surface area contributed by atoms with Crippen LogP contribution in [0.15, 0.2) is 12.3 Å². The Labute approximate surface area is 120 Å². The number of hydrogen-bond acceptors (Lipinski definition) is 4. The number of carboxylic acids is 1. The average molecular weight is 295 g/mol. The predicted molar refractivity (Wildman–Crippen MR) is 72.9 cm³/mol. The van der Waals surface area contributed by atoms with E-state index in [1.54, 1.807) is 0 Å². The van der Waals surface area contributed by atoms with Crippen molar-refractivity contribution in [1.82, 2.24) is 9.88 Å². The summed E-state index contributed by atoms with van der Waals surface area (Å²) in [4.78, 5) is 37.7. The van der Waals surface area contributed by atoms with Crippen LogP contribution in [0, 0.1) is 15.5 Å². The van der Waals surface area contributed by atoms with Gasteiger partial charge in [0.2, 0.25) is 0 Å². The number of nitro groups is 1. The Morgan fingerprint density at radius 2 is 2.10 bits per heavy atom. The molecule has 1 fully saturated rings. The van der Waals surface area contributed by atoms with Crippen LogP contribution in [-0.4, -0.2) is 44.9 Å². The van der Waals surface area contributed by atoms with E-state index in [0.29, 0.717) is 32.4 Å². The van der Waals surface area contributed by atoms with Crippen LogP contribution < -0.4 is 0 Å². The predicted octanol–water partition coefficient (Wildman–Crippen LogP) is 1.64. The molecule has 1 saturated heterocycles. The molecule has 1 aliphatic heterocycles. The summed E-state index contributed by atoms with van der Waals surface area (Å²) in [7, 11) is 0. The molecule has 0 saturated carbocycles. The lowest BCUT2D eigenvalue weighted by atomic mass is 9.76. The number of amides is 1. The number of rotatable bonds is 4. The molecule has 1 aliphatic rings. The van der Waals surface area contributed by atoms with Gasteiger partial charge < -0.3 is 15.0 Å². The van der Waals surface area contributed by atoms with Gasteiger partial charge in [-0.15, -0.1) is 0 Å². The third-order valence-corrected chi connectivity index (χ3v) is 4.25. The average Bonchev–Trinajstić information content (AvgIpc) is 2.96. The second kappa shape index (κ2) is 5.55. The standard InChI is InChI=1S/C13H17N3O5/c1-2-13(12(18)19)3-5-15(6-4-13)11(17)10-7-9(8-14-10)16(20)21/h7-8,14H,2-6H2,1H3,(H,18,19). The van der Waals surface area contributed by atoms with Crippen LogP contribution in [0.25, 0.3) is 0 Å². The second-order valence-corrected chi connectivity index (χ2v) is 5.26. The minimum Gasteiger partial charge on any atom is -0.481 e. The van der Waals surface area contributed by atoms with Gasteiger partial charge in [0.15, 0.2) is 0 Å². The highest BCUT2D eigenvalue weighted by atomic mass is 16.6. The number of H-pyrrole nitrogens is 1. The van der Waals surface area contributed by atoms with Crippen molar-refractivity contribution in [3.63, 3.8) is 0 Å². The van der Waals surface area contributed by atoms with Crippen molar-refractivity contribution in [2.24, 2.45) is 5.41 Å². The Balaban J connectivity index is 2.06. The number of aromatic amines is 1. The SMILES string of the molecule is CCC1(C(=O)O)CCN(C(=O)c2cc([N+](=O)[O-])c[nH]2)CC1. The van der Waals surface area contributed by atoms with E-state index in [9.17, 15) is 24.8 Å². The van der Waals surface area contributed by atoms with Crippen LogP contribution >= 0.6 is 0 Å². The Morgan fingerprint density at radius 1 is 1.48 bits per heavy atom. The van der Waals surface area contributed by atoms with Crippen LogP contribution in [0.5, 0.6) is 0 Å². The number of carboxylic acid groups (broad SMARTS) is 1. The highest BCUT2D eigenvalue weighted by molar-refractivity contribution is 5.93. The first-order valence-electron chi connectivity index (χ1n) is 6.75. The summed E-state index contributed by atoms with van der Waals surface area (Å²) in [5.41, 5.74) is -0.775. The van der Waals surface area contributed by atoms with E-state index in [0.717, 1.165) is 0 Å². The lowest BCUT2D eigenvalue weighted by molar-refractivity contribution is -0.384. The molecular weight excluding hydrogens is 278 g/mol. The molecule has 2 N–H and O–H groups in total. The smallest absolute Gasteiger partial charge is 0.309 e. The van der Waals surface area contributed by atoms with Gasteiger partial charge in [0, 0.05) is 19.2 Å². The molecule has 8 heteroatoms. The number of carbonyl (C=O) groups excluding carboxylic acids is 1. The maximum atomic E-state index is 12.2. The van der Waals surface area contributed by atoms with Crippen LogP contribution in [-0.2, 0) is 4.79 Å². The fourth-order valence-electron chi connectivity index (χ4n) is 2.64. The number of aliphatic carboxylic acids is 1. The molecule has 2 heterocycles. The van der Waals surface area contributed by atoms with Crippen LogP contribution in [0.2, 0.25) is 0 Å². The fourth-order valence-corrected chi connectivity index (χ4v) is 2.64. The lowest BCUT2D eigenvalue weighted by Gasteiger charge is -2.38. The molecule has 1 aromatic rings. The first-order chi connectivity index (χ1) is 9.89. The number of likely N-dealkylation sites (tertiary alicyclic amines) is 1. The molecule has 0 spiro atoms. The summed E-state index contributed by atoms with van der Waals surface area (Å²) in [6.07, 6.45) is 2.49. The molecule has 0 atom stereocenters. The number of hydrogen-bond donors (Lipinski definition) is 2. The largest absolute Gasteiger partial charge is 0.481 e. The maximum Gasteiger partial charge on any atom is 0.309 e. The Kier molecular flexibility index (Phi) is 3.97. The topological polar surface area (TPSA) is 117 Å². The van der Waals surface area contributed by atoms with Gasteiger partial charge in [0.1, 0.15) is 5.69 Å². The van der Waals surface area contributed by atoms with Crippen LogP contribution in [0.3, 0.4) is 0 Å². The summed E-state index contributed by atoms with van der Waals surface area (Å²) in [6, 6.07) is 1.20. The first kappa shape index (κ1) is 15.0. The maximum absolute atomic E-state index is 12.2. The van der Waals surface area contributed by atoms with Gasteiger partial charge >= 0.3 is 5.97 Å². The molecule has 1 aromatic heterocycles. The van der Waals surface area contributed by atoms with Crippen molar-refractivity contribution in [3.8, 4) is 0 Å². The molecule has 8 nitrogen and oxygen atoms in total. The fraction of sp³-hybridized carbons (Fsp3) is 0.538. The van der Waals surface area contributed by atoms with Gasteiger partial charge in [-0.1, -0.05) is 6.92 Å². The van der Waals surface area contributed by atoms with E-state index in [4.69, 9.17) is 0 Å². The molecular formula is C13H17N3O5. The zero-order chi connectivity index (χ0) is 15.6. The number of nitrogens with one attached hydrogen (secondary N) is 1. The number of nitrogens with zero attached hydrogens (tertiary/aromatic N) is 2. The minimum absolute atomic E-state index is 0.154. The van der Waals surface area contributed by atoms with E-state index in [2.05, 4.69) is 4.98 Å². The van der Waals surface area contributed by atoms with Gasteiger partial charge in [0.25, 0.3) is 11.6 Å². The van der Waals surface area contributed by atoms with Crippen LogP contribution in [0.1, 0.15) is 36.7 Å². The summed E-state index contributed by atoms with van der Waals surface area (Å²) < 4.78 is 0. The first-order valence-corrected chi connectivity index (χ1v) is 6.75. The summed E-state index contributed by atoms with van der Waals surface area (Å²) in [5.74, 6) is -1.16. The monoisotopic (exact) mass is 295 g/mol. The van der Waals surface area contributed by atoms with Crippen LogP contribution in [0.4, 0.5) is 5.69 Å². The van der Waals surface area contributed by atoms with Crippen molar-refractivity contribution in [2.45, 2.75) is 26.2 Å². The highest BCUT2D eigenvalue weighted by Gasteiger charge is 2.41. The third-order valence-electron chi connectivity index (χ3n) is 4.25. The Morgan fingerprint density at radius 3 is 2.52 bits per heavy atom. The molecule has 114 valence electrons. The molecule has 1 amide bonds. The van der Waals surface area contributed by atoms with Crippen molar-refractivity contribution in [3.05, 3.63) is 28.1 Å². The van der Waals surface area contributed by atoms with Gasteiger partial charge in [0.05, 0.1) is 16.5 Å². The number of carbonyl (C=O) groups is 2. The van der Waals surface area contributed by atoms with Crippen molar-refractivity contribution in [1.29, 1.82) is 0 Å². The molecule has 0 bridgehead atoms. The van der Waals surface area contributed by atoms with Gasteiger partial charge in [-0.25, -0.2) is 0 Å². The molecule has 21 heavy (non-hydrogen) atoms. The van der Waals surface area contributed by atoms with Crippen molar-refractivity contribution in [2.75, 3.05) is 13.1 Å². The zero-order valence-corrected chi connectivity index (χ0v) is 11.7. The summed E-state index contributed by atoms with van der Waals surface area (Å²) in [6.45, 7) is 2.51. The molecule has 0 unspecified atom stereocenters. The summed E-state index contributed by atoms with van der Waals surface area (Å²) >= 11 is 0. The van der Waals surface area contributed by atoms with E-state index in [-0.39, 0.29) is 17.3 Å². The van der Waals surface area contributed by atoms with E-state index < -0.39 is 16.3 Å². The summed E-state index contributed by atoms with van der Waals surface area (Å²) in [5, 5.41) is 19.9. The van der Waals surface area contributed by atoms with Gasteiger partial charge in [-0.05, 0) is 19.3 Å². The van der Waals surface area contributed by atoms with E-state index >= 15 is 0 Å². The second-order valence-electron chi connectivity index (χ2n) is 5.26. The van der Waals surface area contributed by atoms with E-state index in [1.165, 1.54) is 17.2 Å². The van der Waals surface area contributed by atoms with Crippen molar-refractivity contribution < 1.29 is 19.6 Å². The quantitative estimate of drug-likeness (QED) is 0.647. The van der Waals surface area contributed by atoms with E-state index in [1.807, 2.05) is 6.92 Å². The molecule has 0 aromatic carbocycles. The number of piperidine rings is 1. The minimum atomic E-state index is -0.826. The zero-order valence-electron chi connectivity index (χ0n) is 11.7. The van der Waals surface area contributed by atoms with Gasteiger partial charge in [-0.2, -0.15) is 0 Å². The lowest BCUT2D eigenvalue weighted by Crippen LogP contribution is -2.46. The molecule has 0 radical (unpaired) electrons. The normalized spacial score (nSPS) is 17.5.